The molecule has 1 aliphatic heterocycles. The molecule has 0 spiro atoms. The minimum atomic E-state index is -4.27. The molecule has 1 aromatic heterocycles. The van der Waals surface area contributed by atoms with Crippen molar-refractivity contribution < 1.29 is 35.9 Å². The van der Waals surface area contributed by atoms with Crippen LogP contribution < -0.4 is 20.8 Å². The zero-order chi connectivity index (χ0) is 27.4. The number of halogens is 3. The standard InChI is InChI=1S/C24H30F3N3O6S/c1-5-35-22(32)16-19(31)14-10-15(25)18(29-9-8-12(11-29)24(2,3)28)20(36-23(26)27)17(14)30(13-6-7-13)21(16)37(4,33)34/h10,12-13,23H,5-9,11,28H2,1-4H3/t12-/m1/s1. The van der Waals surface area contributed by atoms with Crippen LogP contribution in [0.3, 0.4) is 0 Å². The Hall–Kier alpha value is -2.80. The van der Waals surface area contributed by atoms with E-state index in [0.717, 1.165) is 16.9 Å². The normalized spacial score (nSPS) is 18.6. The Morgan fingerprint density at radius 2 is 1.92 bits per heavy atom. The molecule has 2 aliphatic rings. The first kappa shape index (κ1) is 27.2. The number of aromatic nitrogens is 1. The lowest BCUT2D eigenvalue weighted by molar-refractivity contribution is -0.0488. The highest BCUT2D eigenvalue weighted by Gasteiger charge is 2.40. The van der Waals surface area contributed by atoms with E-state index in [4.69, 9.17) is 15.2 Å². The Morgan fingerprint density at radius 1 is 1.27 bits per heavy atom. The van der Waals surface area contributed by atoms with E-state index in [1.54, 1.807) is 0 Å². The number of anilines is 1. The quantitative estimate of drug-likeness (QED) is 0.502. The molecular weight excluding hydrogens is 515 g/mol. The number of carbonyl (C=O) groups is 1. The summed E-state index contributed by atoms with van der Waals surface area (Å²) in [5.41, 5.74) is 3.07. The third kappa shape index (κ3) is 5.02. The SMILES string of the molecule is CCOC(=O)c1c(S(C)(=O)=O)n(C2CC2)c2c(OC(F)F)c(N3CC[C@@H](C(C)(C)N)C3)c(F)cc2c1=O. The van der Waals surface area contributed by atoms with Gasteiger partial charge in [-0.2, -0.15) is 8.78 Å². The van der Waals surface area contributed by atoms with Crippen molar-refractivity contribution in [1.29, 1.82) is 0 Å². The largest absolute Gasteiger partial charge is 0.462 e. The van der Waals surface area contributed by atoms with Crippen LogP contribution in [0.15, 0.2) is 15.9 Å². The number of sulfone groups is 1. The van der Waals surface area contributed by atoms with Crippen LogP contribution in [0, 0.1) is 11.7 Å². The van der Waals surface area contributed by atoms with Crippen LogP contribution in [0.2, 0.25) is 0 Å². The second-order valence-corrected chi connectivity index (χ2v) is 12.1. The number of rotatable bonds is 8. The predicted octanol–water partition coefficient (Wildman–Crippen LogP) is 3.22. The summed E-state index contributed by atoms with van der Waals surface area (Å²) in [4.78, 5) is 27.8. The van der Waals surface area contributed by atoms with Gasteiger partial charge in [-0.05, 0) is 52.0 Å². The van der Waals surface area contributed by atoms with Gasteiger partial charge in [-0.1, -0.05) is 0 Å². The number of ether oxygens (including phenoxy) is 2. The lowest BCUT2D eigenvalue weighted by atomic mass is 9.88. The first-order chi connectivity index (χ1) is 17.2. The second kappa shape index (κ2) is 9.50. The van der Waals surface area contributed by atoms with Crippen molar-refractivity contribution in [2.45, 2.75) is 63.3 Å². The summed E-state index contributed by atoms with van der Waals surface area (Å²) in [6.07, 6.45) is 2.27. The summed E-state index contributed by atoms with van der Waals surface area (Å²) in [7, 11) is -4.27. The van der Waals surface area contributed by atoms with Crippen molar-refractivity contribution in [3.05, 3.63) is 27.7 Å². The van der Waals surface area contributed by atoms with E-state index in [9.17, 15) is 26.8 Å². The molecule has 0 radical (unpaired) electrons. The maximum Gasteiger partial charge on any atom is 0.387 e. The molecule has 1 aliphatic carbocycles. The molecule has 0 bridgehead atoms. The Labute approximate surface area is 212 Å². The molecular formula is C24H30F3N3O6S. The first-order valence-electron chi connectivity index (χ1n) is 12.0. The van der Waals surface area contributed by atoms with Crippen LogP contribution >= 0.6 is 0 Å². The molecule has 1 saturated heterocycles. The molecule has 0 amide bonds. The van der Waals surface area contributed by atoms with Crippen molar-refractivity contribution in [3.63, 3.8) is 0 Å². The summed E-state index contributed by atoms with van der Waals surface area (Å²) in [5.74, 6) is -2.95. The van der Waals surface area contributed by atoms with Gasteiger partial charge in [-0.3, -0.25) is 4.79 Å². The average molecular weight is 546 g/mol. The third-order valence-corrected chi connectivity index (χ3v) is 7.94. The highest BCUT2D eigenvalue weighted by atomic mass is 32.2. The van der Waals surface area contributed by atoms with E-state index in [0.29, 0.717) is 19.3 Å². The van der Waals surface area contributed by atoms with Crippen LogP contribution in [0.5, 0.6) is 5.75 Å². The molecule has 37 heavy (non-hydrogen) atoms. The highest BCUT2D eigenvalue weighted by molar-refractivity contribution is 7.90. The fourth-order valence-electron chi connectivity index (χ4n) is 4.97. The van der Waals surface area contributed by atoms with Crippen molar-refractivity contribution in [3.8, 4) is 5.75 Å². The molecule has 4 rings (SSSR count). The van der Waals surface area contributed by atoms with E-state index in [2.05, 4.69) is 0 Å². The molecule has 9 nitrogen and oxygen atoms in total. The molecule has 1 saturated carbocycles. The fraction of sp³-hybridized carbons (Fsp3) is 0.583. The Morgan fingerprint density at radius 3 is 2.41 bits per heavy atom. The number of alkyl halides is 2. The van der Waals surface area contributed by atoms with Crippen LogP contribution in [0.1, 0.15) is 56.4 Å². The summed E-state index contributed by atoms with van der Waals surface area (Å²) < 4.78 is 80.0. The van der Waals surface area contributed by atoms with Gasteiger partial charge < -0.3 is 24.7 Å². The van der Waals surface area contributed by atoms with Crippen LogP contribution in [-0.2, 0) is 14.6 Å². The third-order valence-electron chi connectivity index (χ3n) is 6.83. The zero-order valence-electron chi connectivity index (χ0n) is 21.0. The number of benzene rings is 1. The number of nitrogens with two attached hydrogens (primary N) is 1. The van der Waals surface area contributed by atoms with Crippen LogP contribution in [0.25, 0.3) is 10.9 Å². The van der Waals surface area contributed by atoms with E-state index in [1.807, 2.05) is 13.8 Å². The maximum atomic E-state index is 15.7. The Balaban J connectivity index is 2.13. The number of carbonyl (C=O) groups excluding carboxylic acids is 1. The summed E-state index contributed by atoms with van der Waals surface area (Å²) >= 11 is 0. The smallest absolute Gasteiger partial charge is 0.387 e. The van der Waals surface area contributed by atoms with Crippen molar-refractivity contribution in [2.24, 2.45) is 11.7 Å². The maximum absolute atomic E-state index is 15.7. The fourth-order valence-corrected chi connectivity index (χ4v) is 6.11. The molecule has 0 unspecified atom stereocenters. The van der Waals surface area contributed by atoms with E-state index < -0.39 is 67.0 Å². The number of esters is 1. The van der Waals surface area contributed by atoms with Gasteiger partial charge >= 0.3 is 12.6 Å². The predicted molar refractivity (Wildman–Crippen MR) is 131 cm³/mol. The van der Waals surface area contributed by atoms with E-state index >= 15 is 4.39 Å². The number of nitrogens with zero attached hydrogens (tertiary/aromatic N) is 2. The lowest BCUT2D eigenvalue weighted by Crippen LogP contribution is -2.42. The Kier molecular flexibility index (Phi) is 6.99. The van der Waals surface area contributed by atoms with Gasteiger partial charge in [0.15, 0.2) is 26.4 Å². The van der Waals surface area contributed by atoms with Crippen LogP contribution in [-0.4, -0.2) is 57.1 Å². The summed E-state index contributed by atoms with van der Waals surface area (Å²) in [6.45, 7) is 2.07. The molecule has 1 aromatic carbocycles. The average Bonchev–Trinajstić information content (AvgIpc) is 3.48. The van der Waals surface area contributed by atoms with Crippen molar-refractivity contribution >= 4 is 32.4 Å². The molecule has 1 atom stereocenters. The number of fused-ring (bicyclic) bond motifs is 1. The second-order valence-electron chi connectivity index (χ2n) is 10.2. The Bertz CT molecular complexity index is 1410. The van der Waals surface area contributed by atoms with Gasteiger partial charge in [0, 0.05) is 30.9 Å². The molecule has 2 fully saturated rings. The minimum absolute atomic E-state index is 0.0922. The lowest BCUT2D eigenvalue weighted by Gasteiger charge is -2.29. The van der Waals surface area contributed by atoms with Crippen molar-refractivity contribution in [2.75, 3.05) is 30.9 Å². The molecule has 13 heteroatoms. The molecule has 2 N–H and O–H groups in total. The van der Waals surface area contributed by atoms with E-state index in [1.165, 1.54) is 11.8 Å². The molecule has 204 valence electrons. The number of hydrogen-bond donors (Lipinski definition) is 1. The van der Waals surface area contributed by atoms with Gasteiger partial charge in [0.25, 0.3) is 0 Å². The molecule has 2 heterocycles. The number of hydrogen-bond acceptors (Lipinski definition) is 8. The van der Waals surface area contributed by atoms with E-state index in [-0.39, 0.29) is 36.8 Å². The van der Waals surface area contributed by atoms with Gasteiger partial charge in [0.1, 0.15) is 11.3 Å². The highest BCUT2D eigenvalue weighted by Crippen LogP contribution is 2.47. The number of pyridine rings is 1. The minimum Gasteiger partial charge on any atom is -0.462 e. The summed E-state index contributed by atoms with van der Waals surface area (Å²) in [6, 6.07) is 0.313. The first-order valence-corrected chi connectivity index (χ1v) is 13.9. The topological polar surface area (TPSA) is 121 Å². The van der Waals surface area contributed by atoms with Gasteiger partial charge in [0.05, 0.1) is 17.5 Å². The van der Waals surface area contributed by atoms with Crippen LogP contribution in [0.4, 0.5) is 18.9 Å². The van der Waals surface area contributed by atoms with Crippen molar-refractivity contribution in [1.82, 2.24) is 4.57 Å². The van der Waals surface area contributed by atoms with Gasteiger partial charge in [-0.15, -0.1) is 0 Å². The summed E-state index contributed by atoms with van der Waals surface area (Å²) in [5, 5.41) is -1.11. The van der Waals surface area contributed by atoms with Gasteiger partial charge in [0.2, 0.25) is 5.43 Å². The molecule has 2 aromatic rings. The monoisotopic (exact) mass is 545 g/mol. The van der Waals surface area contributed by atoms with Gasteiger partial charge in [-0.25, -0.2) is 17.6 Å². The zero-order valence-corrected chi connectivity index (χ0v) is 21.8.